The molecule has 0 saturated carbocycles. The third-order valence-electron chi connectivity index (χ3n) is 2.23. The van der Waals surface area contributed by atoms with Crippen LogP contribution < -0.4 is 5.11 Å². The van der Waals surface area contributed by atoms with E-state index in [1.807, 2.05) is 0 Å². The predicted octanol–water partition coefficient (Wildman–Crippen LogP) is 0.621. The molecule has 0 aliphatic carbocycles. The molecule has 1 saturated heterocycles. The summed E-state index contributed by atoms with van der Waals surface area (Å²) in [5, 5.41) is 10.4. The Morgan fingerprint density at radius 1 is 1.61 bits per heavy atom. The van der Waals surface area contributed by atoms with Gasteiger partial charge in [-0.1, -0.05) is 24.0 Å². The average molecular weight is 282 g/mol. The lowest BCUT2D eigenvalue weighted by molar-refractivity contribution is -0.305. The van der Waals surface area contributed by atoms with Crippen molar-refractivity contribution in [1.82, 2.24) is 4.90 Å². The molecule has 1 fully saturated rings. The summed E-state index contributed by atoms with van der Waals surface area (Å²) in [6, 6.07) is 3.43. The second-order valence-corrected chi connectivity index (χ2v) is 5.15. The number of carbonyl (C=O) groups is 2. The number of hydrogen-bond donors (Lipinski definition) is 0. The van der Waals surface area contributed by atoms with E-state index >= 15 is 0 Å². The first kappa shape index (κ1) is 12.8. The van der Waals surface area contributed by atoms with E-state index in [4.69, 9.17) is 16.6 Å². The highest BCUT2D eigenvalue weighted by molar-refractivity contribution is 8.26. The molecular weight excluding hydrogens is 274 g/mol. The van der Waals surface area contributed by atoms with Gasteiger partial charge in [-0.25, -0.2) is 0 Å². The zero-order valence-corrected chi connectivity index (χ0v) is 10.8. The van der Waals surface area contributed by atoms with Gasteiger partial charge in [-0.15, -0.1) is 0 Å². The van der Waals surface area contributed by atoms with E-state index in [2.05, 4.69) is 0 Å². The normalized spacial score (nSPS) is 17.8. The van der Waals surface area contributed by atoms with Gasteiger partial charge < -0.3 is 14.3 Å². The molecule has 0 N–H and O–H groups in total. The Labute approximate surface area is 112 Å². The molecule has 0 unspecified atom stereocenters. The molecule has 2 heterocycles. The average Bonchev–Trinajstić information content (AvgIpc) is 2.88. The van der Waals surface area contributed by atoms with Gasteiger partial charge >= 0.3 is 0 Å². The SMILES string of the molecule is O=C([O-])CCN1C(=O)/C(=C\c2ccco2)SC1=S. The molecule has 18 heavy (non-hydrogen) atoms. The number of amides is 1. The van der Waals surface area contributed by atoms with Gasteiger partial charge in [-0.3, -0.25) is 9.69 Å². The molecule has 94 valence electrons. The molecule has 1 aromatic heterocycles. The fourth-order valence-electron chi connectivity index (χ4n) is 1.40. The summed E-state index contributed by atoms with van der Waals surface area (Å²) in [5.74, 6) is -0.961. The van der Waals surface area contributed by atoms with Gasteiger partial charge in [0.25, 0.3) is 5.91 Å². The molecule has 0 spiro atoms. The van der Waals surface area contributed by atoms with Gasteiger partial charge in [0, 0.05) is 25.0 Å². The number of carboxylic acid groups (broad SMARTS) is 1. The van der Waals surface area contributed by atoms with Crippen molar-refractivity contribution in [3.63, 3.8) is 0 Å². The van der Waals surface area contributed by atoms with E-state index in [-0.39, 0.29) is 18.9 Å². The number of furan rings is 1. The molecule has 0 radical (unpaired) electrons. The number of carboxylic acids is 1. The highest BCUT2D eigenvalue weighted by Crippen LogP contribution is 2.32. The van der Waals surface area contributed by atoms with E-state index in [1.54, 1.807) is 18.2 Å². The first-order valence-electron chi connectivity index (χ1n) is 5.06. The van der Waals surface area contributed by atoms with Gasteiger partial charge in [-0.2, -0.15) is 0 Å². The van der Waals surface area contributed by atoms with Crippen molar-refractivity contribution in [2.75, 3.05) is 6.54 Å². The molecule has 1 aromatic rings. The van der Waals surface area contributed by atoms with Crippen molar-refractivity contribution in [1.29, 1.82) is 0 Å². The van der Waals surface area contributed by atoms with Gasteiger partial charge in [0.05, 0.1) is 11.2 Å². The van der Waals surface area contributed by atoms with Gasteiger partial charge in [0.1, 0.15) is 10.1 Å². The summed E-state index contributed by atoms with van der Waals surface area (Å²) >= 11 is 6.15. The van der Waals surface area contributed by atoms with Gasteiger partial charge in [0.15, 0.2) is 0 Å². The van der Waals surface area contributed by atoms with Crippen molar-refractivity contribution < 1.29 is 19.1 Å². The third-order valence-corrected chi connectivity index (χ3v) is 3.61. The quantitative estimate of drug-likeness (QED) is 0.595. The van der Waals surface area contributed by atoms with E-state index in [0.717, 1.165) is 11.8 Å². The van der Waals surface area contributed by atoms with Crippen LogP contribution in [0.2, 0.25) is 0 Å². The molecule has 1 aliphatic heterocycles. The Morgan fingerprint density at radius 2 is 2.39 bits per heavy atom. The van der Waals surface area contributed by atoms with Crippen LogP contribution in [0.4, 0.5) is 0 Å². The third kappa shape index (κ3) is 2.80. The molecule has 5 nitrogen and oxygen atoms in total. The summed E-state index contributed by atoms with van der Waals surface area (Å²) in [5.41, 5.74) is 0. The van der Waals surface area contributed by atoms with Crippen LogP contribution in [0.25, 0.3) is 6.08 Å². The molecule has 1 aliphatic rings. The van der Waals surface area contributed by atoms with E-state index in [0.29, 0.717) is 15.0 Å². The smallest absolute Gasteiger partial charge is 0.266 e. The summed E-state index contributed by atoms with van der Waals surface area (Å²) < 4.78 is 5.45. The van der Waals surface area contributed by atoms with Crippen LogP contribution in [0.5, 0.6) is 0 Å². The minimum Gasteiger partial charge on any atom is -0.550 e. The fourth-order valence-corrected chi connectivity index (χ4v) is 2.69. The van der Waals surface area contributed by atoms with Crippen molar-refractivity contribution in [2.24, 2.45) is 0 Å². The Morgan fingerprint density at radius 3 is 3.00 bits per heavy atom. The lowest BCUT2D eigenvalue weighted by atomic mass is 10.3. The van der Waals surface area contributed by atoms with Crippen molar-refractivity contribution in [3.8, 4) is 0 Å². The standard InChI is InChI=1S/C11H9NO4S2/c13-9(14)3-4-12-10(15)8(18-11(12)17)6-7-2-1-5-16-7/h1-2,5-6H,3-4H2,(H,13,14)/p-1/b8-6+. The Bertz CT molecular complexity index is 521. The monoisotopic (exact) mass is 282 g/mol. The topological polar surface area (TPSA) is 73.6 Å². The molecule has 0 aromatic carbocycles. The van der Waals surface area contributed by atoms with Crippen molar-refractivity contribution in [2.45, 2.75) is 6.42 Å². The van der Waals surface area contributed by atoms with Crippen LogP contribution in [-0.2, 0) is 9.59 Å². The predicted molar refractivity (Wildman–Crippen MR) is 68.2 cm³/mol. The Kier molecular flexibility index (Phi) is 3.83. The Balaban J connectivity index is 2.11. The summed E-state index contributed by atoms with van der Waals surface area (Å²) in [6.07, 6.45) is 2.85. The number of rotatable bonds is 4. The number of thiocarbonyl (C=S) groups is 1. The molecular formula is C11H8NO4S2-. The maximum Gasteiger partial charge on any atom is 0.266 e. The molecule has 1 amide bonds. The van der Waals surface area contributed by atoms with Crippen LogP contribution in [0.15, 0.2) is 27.7 Å². The second kappa shape index (κ2) is 5.36. The summed E-state index contributed by atoms with van der Waals surface area (Å²) in [6.45, 7) is 0.0303. The number of aliphatic carboxylic acids is 1. The zero-order chi connectivity index (χ0) is 13.1. The maximum atomic E-state index is 11.9. The largest absolute Gasteiger partial charge is 0.550 e. The van der Waals surface area contributed by atoms with Crippen LogP contribution in [0.1, 0.15) is 12.2 Å². The number of nitrogens with zero attached hydrogens (tertiary/aromatic N) is 1. The number of carbonyl (C=O) groups excluding carboxylic acids is 2. The summed E-state index contributed by atoms with van der Waals surface area (Å²) in [7, 11) is 0. The molecule has 7 heteroatoms. The molecule has 0 atom stereocenters. The van der Waals surface area contributed by atoms with Gasteiger partial charge in [-0.05, 0) is 12.1 Å². The summed E-state index contributed by atoms with van der Waals surface area (Å²) in [4.78, 5) is 24.0. The van der Waals surface area contributed by atoms with E-state index < -0.39 is 5.97 Å². The lowest BCUT2D eigenvalue weighted by Gasteiger charge is -2.14. The van der Waals surface area contributed by atoms with Crippen molar-refractivity contribution in [3.05, 3.63) is 29.1 Å². The fraction of sp³-hybridized carbons (Fsp3) is 0.182. The molecule has 0 bridgehead atoms. The highest BCUT2D eigenvalue weighted by atomic mass is 32.2. The van der Waals surface area contributed by atoms with E-state index in [9.17, 15) is 14.7 Å². The van der Waals surface area contributed by atoms with Crippen LogP contribution >= 0.6 is 24.0 Å². The van der Waals surface area contributed by atoms with Crippen LogP contribution in [0.3, 0.4) is 0 Å². The molecule has 2 rings (SSSR count). The van der Waals surface area contributed by atoms with E-state index in [1.165, 1.54) is 11.2 Å². The lowest BCUT2D eigenvalue weighted by Crippen LogP contribution is -2.33. The maximum absolute atomic E-state index is 11.9. The first-order valence-corrected chi connectivity index (χ1v) is 6.29. The van der Waals surface area contributed by atoms with Crippen LogP contribution in [0, 0.1) is 0 Å². The van der Waals surface area contributed by atoms with Gasteiger partial charge in [0.2, 0.25) is 0 Å². The number of thioether (sulfide) groups is 1. The highest BCUT2D eigenvalue weighted by Gasteiger charge is 2.31. The number of hydrogen-bond acceptors (Lipinski definition) is 6. The minimum absolute atomic E-state index is 0.0303. The van der Waals surface area contributed by atoms with Crippen molar-refractivity contribution >= 4 is 46.3 Å². The first-order chi connectivity index (χ1) is 8.58. The second-order valence-electron chi connectivity index (χ2n) is 3.47. The Hall–Kier alpha value is -1.60. The zero-order valence-electron chi connectivity index (χ0n) is 9.12. The minimum atomic E-state index is -1.21. The van der Waals surface area contributed by atoms with Crippen LogP contribution in [-0.4, -0.2) is 27.6 Å².